The van der Waals surface area contributed by atoms with E-state index >= 15 is 0 Å². The number of nitriles is 1. The van der Waals surface area contributed by atoms with Gasteiger partial charge in [0.1, 0.15) is 5.41 Å². The maximum Gasteiger partial charge on any atom is 0.104 e. The van der Waals surface area contributed by atoms with Gasteiger partial charge in [0.05, 0.1) is 19.3 Å². The van der Waals surface area contributed by atoms with Gasteiger partial charge in [0.25, 0.3) is 0 Å². The fourth-order valence-electron chi connectivity index (χ4n) is 1.13. The van der Waals surface area contributed by atoms with E-state index in [1.54, 1.807) is 0 Å². The smallest absolute Gasteiger partial charge is 0.104 e. The normalized spacial score (nSPS) is 21.2. The Hall–Kier alpha value is -0.550. The highest BCUT2D eigenvalue weighted by molar-refractivity contribution is 5.03. The predicted octanol–water partition coefficient (Wildman–Crippen LogP) is 1.72. The zero-order valence-corrected chi connectivity index (χ0v) is 6.39. The van der Waals surface area contributed by atoms with Crippen molar-refractivity contribution in [1.82, 2.24) is 0 Å². The van der Waals surface area contributed by atoms with Crippen molar-refractivity contribution in [1.29, 1.82) is 5.26 Å². The fraction of sp³-hybridized carbons (Fsp3) is 0.875. The zero-order chi connectivity index (χ0) is 7.45. The van der Waals surface area contributed by atoms with Crippen molar-refractivity contribution in [3.8, 4) is 6.07 Å². The Morgan fingerprint density at radius 1 is 1.60 bits per heavy atom. The molecule has 0 amide bonds. The lowest BCUT2D eigenvalue weighted by Crippen LogP contribution is -2.41. The molecule has 1 rings (SSSR count). The molecule has 0 aliphatic carbocycles. The van der Waals surface area contributed by atoms with E-state index in [1.807, 2.05) is 0 Å². The third-order valence-corrected chi connectivity index (χ3v) is 2.00. The average Bonchev–Trinajstić information content (AvgIpc) is 1.87. The van der Waals surface area contributed by atoms with Crippen LogP contribution in [0, 0.1) is 16.7 Å². The van der Waals surface area contributed by atoms with Gasteiger partial charge in [0, 0.05) is 0 Å². The standard InChI is InChI=1S/C8H13NO/c1-2-3-4-8(5-9)6-10-7-8/h2-4,6-7H2,1H3. The number of unbranched alkanes of at least 4 members (excludes halogenated alkanes) is 1. The Balaban J connectivity index is 2.29. The minimum Gasteiger partial charge on any atom is -0.378 e. The van der Waals surface area contributed by atoms with Gasteiger partial charge in [-0.1, -0.05) is 19.8 Å². The van der Waals surface area contributed by atoms with Crippen molar-refractivity contribution >= 4 is 0 Å². The van der Waals surface area contributed by atoms with Crippen LogP contribution >= 0.6 is 0 Å². The first-order chi connectivity index (χ1) is 4.83. The lowest BCUT2D eigenvalue weighted by molar-refractivity contribution is -0.0820. The van der Waals surface area contributed by atoms with Crippen molar-refractivity contribution in [2.75, 3.05) is 13.2 Å². The molecule has 1 heterocycles. The van der Waals surface area contributed by atoms with Crippen molar-refractivity contribution in [3.05, 3.63) is 0 Å². The van der Waals surface area contributed by atoms with Crippen molar-refractivity contribution in [2.45, 2.75) is 26.2 Å². The summed E-state index contributed by atoms with van der Waals surface area (Å²) in [7, 11) is 0. The fourth-order valence-corrected chi connectivity index (χ4v) is 1.13. The summed E-state index contributed by atoms with van der Waals surface area (Å²) in [5.41, 5.74) is -0.101. The molecule has 10 heavy (non-hydrogen) atoms. The van der Waals surface area contributed by atoms with Gasteiger partial charge in [-0.05, 0) is 6.42 Å². The number of rotatable bonds is 3. The SMILES string of the molecule is CCCCC1(C#N)COC1. The number of nitrogens with zero attached hydrogens (tertiary/aromatic N) is 1. The highest BCUT2D eigenvalue weighted by Gasteiger charge is 2.37. The number of hydrogen-bond donors (Lipinski definition) is 0. The lowest BCUT2D eigenvalue weighted by Gasteiger charge is -2.34. The Morgan fingerprint density at radius 3 is 2.60 bits per heavy atom. The molecule has 0 atom stereocenters. The van der Waals surface area contributed by atoms with Crippen LogP contribution in [-0.4, -0.2) is 13.2 Å². The second-order valence-corrected chi connectivity index (χ2v) is 2.99. The van der Waals surface area contributed by atoms with Crippen molar-refractivity contribution in [2.24, 2.45) is 5.41 Å². The third-order valence-electron chi connectivity index (χ3n) is 2.00. The number of hydrogen-bond acceptors (Lipinski definition) is 2. The zero-order valence-electron chi connectivity index (χ0n) is 6.39. The molecule has 0 aromatic carbocycles. The molecule has 0 aromatic heterocycles. The highest BCUT2D eigenvalue weighted by Crippen LogP contribution is 2.31. The van der Waals surface area contributed by atoms with E-state index in [1.165, 1.54) is 6.42 Å². The van der Waals surface area contributed by atoms with Gasteiger partial charge in [-0.25, -0.2) is 0 Å². The van der Waals surface area contributed by atoms with E-state index in [0.717, 1.165) is 12.8 Å². The summed E-state index contributed by atoms with van der Waals surface area (Å²) in [6, 6.07) is 2.32. The van der Waals surface area contributed by atoms with Crippen LogP contribution in [-0.2, 0) is 4.74 Å². The Morgan fingerprint density at radius 2 is 2.30 bits per heavy atom. The minimum absolute atomic E-state index is 0.101. The van der Waals surface area contributed by atoms with E-state index in [2.05, 4.69) is 13.0 Å². The monoisotopic (exact) mass is 139 g/mol. The first-order valence-corrected chi connectivity index (χ1v) is 3.82. The minimum atomic E-state index is -0.101. The van der Waals surface area contributed by atoms with Crippen LogP contribution in [0.1, 0.15) is 26.2 Å². The van der Waals surface area contributed by atoms with Crippen LogP contribution in [0.4, 0.5) is 0 Å². The van der Waals surface area contributed by atoms with Crippen LogP contribution in [0.5, 0.6) is 0 Å². The first-order valence-electron chi connectivity index (χ1n) is 3.82. The maximum absolute atomic E-state index is 8.73. The summed E-state index contributed by atoms with van der Waals surface area (Å²) in [5, 5.41) is 8.73. The van der Waals surface area contributed by atoms with Crippen LogP contribution in [0.25, 0.3) is 0 Å². The van der Waals surface area contributed by atoms with E-state index in [-0.39, 0.29) is 5.41 Å². The molecule has 0 unspecified atom stereocenters. The Kier molecular flexibility index (Phi) is 2.29. The number of ether oxygens (including phenoxy) is 1. The molecular weight excluding hydrogens is 126 g/mol. The topological polar surface area (TPSA) is 33.0 Å². The third kappa shape index (κ3) is 1.30. The molecule has 2 nitrogen and oxygen atoms in total. The molecule has 0 N–H and O–H groups in total. The second-order valence-electron chi connectivity index (χ2n) is 2.99. The molecule has 56 valence electrons. The first kappa shape index (κ1) is 7.56. The average molecular weight is 139 g/mol. The molecular formula is C8H13NO. The summed E-state index contributed by atoms with van der Waals surface area (Å²) >= 11 is 0. The van der Waals surface area contributed by atoms with Crippen molar-refractivity contribution in [3.63, 3.8) is 0 Å². The predicted molar refractivity (Wildman–Crippen MR) is 38.4 cm³/mol. The highest BCUT2D eigenvalue weighted by atomic mass is 16.5. The molecule has 1 aliphatic rings. The largest absolute Gasteiger partial charge is 0.378 e. The summed E-state index contributed by atoms with van der Waals surface area (Å²) in [5.74, 6) is 0. The van der Waals surface area contributed by atoms with Crippen LogP contribution in [0.15, 0.2) is 0 Å². The molecule has 1 saturated heterocycles. The molecule has 0 spiro atoms. The van der Waals surface area contributed by atoms with E-state index in [4.69, 9.17) is 10.00 Å². The van der Waals surface area contributed by atoms with Gasteiger partial charge >= 0.3 is 0 Å². The van der Waals surface area contributed by atoms with Gasteiger partial charge in [0.2, 0.25) is 0 Å². The summed E-state index contributed by atoms with van der Waals surface area (Å²) in [6.07, 6.45) is 3.33. The molecule has 2 heteroatoms. The molecule has 1 fully saturated rings. The second kappa shape index (κ2) is 3.03. The van der Waals surface area contributed by atoms with Crippen LogP contribution < -0.4 is 0 Å². The van der Waals surface area contributed by atoms with Crippen LogP contribution in [0.2, 0.25) is 0 Å². The summed E-state index contributed by atoms with van der Waals surface area (Å²) in [4.78, 5) is 0. The van der Waals surface area contributed by atoms with E-state index in [0.29, 0.717) is 13.2 Å². The van der Waals surface area contributed by atoms with Gasteiger partial charge in [-0.15, -0.1) is 0 Å². The maximum atomic E-state index is 8.73. The Bertz CT molecular complexity index is 144. The molecule has 0 saturated carbocycles. The summed E-state index contributed by atoms with van der Waals surface area (Å²) in [6.45, 7) is 3.46. The van der Waals surface area contributed by atoms with E-state index in [9.17, 15) is 0 Å². The quantitative estimate of drug-likeness (QED) is 0.596. The summed E-state index contributed by atoms with van der Waals surface area (Å²) < 4.78 is 5.00. The van der Waals surface area contributed by atoms with Gasteiger partial charge in [-0.2, -0.15) is 5.26 Å². The Labute approximate surface area is 61.8 Å². The molecule has 1 aliphatic heterocycles. The van der Waals surface area contributed by atoms with Gasteiger partial charge < -0.3 is 4.74 Å². The molecule has 0 radical (unpaired) electrons. The lowest BCUT2D eigenvalue weighted by atomic mass is 9.83. The van der Waals surface area contributed by atoms with Gasteiger partial charge in [-0.3, -0.25) is 0 Å². The van der Waals surface area contributed by atoms with Crippen LogP contribution in [0.3, 0.4) is 0 Å². The van der Waals surface area contributed by atoms with E-state index < -0.39 is 0 Å². The van der Waals surface area contributed by atoms with Crippen molar-refractivity contribution < 1.29 is 4.74 Å². The van der Waals surface area contributed by atoms with Gasteiger partial charge in [0.15, 0.2) is 0 Å². The molecule has 0 aromatic rings. The molecule has 0 bridgehead atoms.